The summed E-state index contributed by atoms with van der Waals surface area (Å²) in [5.41, 5.74) is 2.22. The Morgan fingerprint density at radius 2 is 2.31 bits per heavy atom. The normalized spacial score (nSPS) is 18.4. The molecule has 0 amide bonds. The fraction of sp³-hybridized carbons (Fsp3) is 0.167. The summed E-state index contributed by atoms with van der Waals surface area (Å²) >= 11 is 7.63. The van der Waals surface area contributed by atoms with E-state index in [1.807, 2.05) is 18.2 Å². The first-order valence-electron chi connectivity index (χ1n) is 5.05. The van der Waals surface area contributed by atoms with E-state index in [0.29, 0.717) is 5.02 Å². The Morgan fingerprint density at radius 1 is 1.38 bits per heavy atom. The average molecular weight is 252 g/mol. The van der Waals surface area contributed by atoms with Crippen LogP contribution in [0.4, 0.5) is 5.69 Å². The molecule has 16 heavy (non-hydrogen) atoms. The number of ether oxygens (including phenoxy) is 1. The Bertz CT molecular complexity index is 498. The zero-order chi connectivity index (χ0) is 11.0. The van der Waals surface area contributed by atoms with Crippen LogP contribution in [-0.2, 0) is 0 Å². The summed E-state index contributed by atoms with van der Waals surface area (Å²) in [7, 11) is 0. The molecule has 0 fully saturated rings. The largest absolute Gasteiger partial charge is 0.482 e. The zero-order valence-corrected chi connectivity index (χ0v) is 10.0. The van der Waals surface area contributed by atoms with Gasteiger partial charge in [0.1, 0.15) is 11.9 Å². The first kappa shape index (κ1) is 10.00. The van der Waals surface area contributed by atoms with Gasteiger partial charge < -0.3 is 10.1 Å². The van der Waals surface area contributed by atoms with E-state index >= 15 is 0 Å². The standard InChI is InChI=1S/C12H10ClNOS/c13-9-1-2-10-11(5-9)15-12(6-14-10)8-3-4-16-7-8/h1-5,7,12,14H,6H2. The highest BCUT2D eigenvalue weighted by Crippen LogP contribution is 2.36. The Balaban J connectivity index is 1.91. The lowest BCUT2D eigenvalue weighted by Gasteiger charge is -2.27. The van der Waals surface area contributed by atoms with Crippen LogP contribution in [0.1, 0.15) is 11.7 Å². The average Bonchev–Trinajstić information content (AvgIpc) is 2.81. The van der Waals surface area contributed by atoms with Crippen LogP contribution in [0.5, 0.6) is 5.75 Å². The van der Waals surface area contributed by atoms with Crippen molar-refractivity contribution in [1.82, 2.24) is 0 Å². The van der Waals surface area contributed by atoms with Gasteiger partial charge in [0.15, 0.2) is 0 Å². The number of halogens is 1. The molecule has 1 aliphatic rings. The van der Waals surface area contributed by atoms with E-state index in [-0.39, 0.29) is 6.10 Å². The molecular weight excluding hydrogens is 242 g/mol. The Kier molecular flexibility index (Phi) is 2.50. The lowest BCUT2D eigenvalue weighted by atomic mass is 10.1. The molecule has 4 heteroatoms. The minimum atomic E-state index is 0.0808. The topological polar surface area (TPSA) is 21.3 Å². The smallest absolute Gasteiger partial charge is 0.144 e. The molecule has 1 aromatic carbocycles. The molecule has 1 unspecified atom stereocenters. The Morgan fingerprint density at radius 3 is 3.12 bits per heavy atom. The molecule has 2 aromatic rings. The molecule has 0 saturated carbocycles. The molecule has 3 rings (SSSR count). The predicted octanol–water partition coefficient (Wildman–Crippen LogP) is 3.95. The highest BCUT2D eigenvalue weighted by Gasteiger charge is 2.21. The van der Waals surface area contributed by atoms with E-state index in [4.69, 9.17) is 16.3 Å². The number of benzene rings is 1. The molecule has 82 valence electrons. The van der Waals surface area contributed by atoms with Crippen LogP contribution in [0.15, 0.2) is 35.0 Å². The van der Waals surface area contributed by atoms with Crippen LogP contribution in [0.2, 0.25) is 5.02 Å². The maximum Gasteiger partial charge on any atom is 0.144 e. The van der Waals surface area contributed by atoms with Gasteiger partial charge in [0.05, 0.1) is 12.2 Å². The predicted molar refractivity (Wildman–Crippen MR) is 67.6 cm³/mol. The fourth-order valence-corrected chi connectivity index (χ4v) is 2.65. The first-order valence-corrected chi connectivity index (χ1v) is 6.37. The quantitative estimate of drug-likeness (QED) is 0.829. The molecule has 1 N–H and O–H groups in total. The van der Waals surface area contributed by atoms with E-state index in [9.17, 15) is 0 Å². The number of rotatable bonds is 1. The first-order chi connectivity index (χ1) is 7.83. The van der Waals surface area contributed by atoms with Crippen LogP contribution < -0.4 is 10.1 Å². The molecule has 2 heterocycles. The van der Waals surface area contributed by atoms with Gasteiger partial charge in [0.2, 0.25) is 0 Å². The number of thiophene rings is 1. The number of nitrogens with one attached hydrogen (secondary N) is 1. The molecular formula is C12H10ClNOS. The monoisotopic (exact) mass is 251 g/mol. The van der Waals surface area contributed by atoms with Gasteiger partial charge in [-0.25, -0.2) is 0 Å². The van der Waals surface area contributed by atoms with Crippen LogP contribution in [0, 0.1) is 0 Å². The molecule has 2 nitrogen and oxygen atoms in total. The van der Waals surface area contributed by atoms with E-state index in [1.54, 1.807) is 11.3 Å². The zero-order valence-electron chi connectivity index (χ0n) is 8.44. The van der Waals surface area contributed by atoms with E-state index in [0.717, 1.165) is 18.0 Å². The summed E-state index contributed by atoms with van der Waals surface area (Å²) in [6, 6.07) is 7.75. The van der Waals surface area contributed by atoms with Crippen molar-refractivity contribution in [3.63, 3.8) is 0 Å². The van der Waals surface area contributed by atoms with Crippen molar-refractivity contribution in [2.75, 3.05) is 11.9 Å². The number of hydrogen-bond acceptors (Lipinski definition) is 3. The molecule has 0 radical (unpaired) electrons. The molecule has 0 spiro atoms. The van der Waals surface area contributed by atoms with Crippen molar-refractivity contribution < 1.29 is 4.74 Å². The van der Waals surface area contributed by atoms with Crippen molar-refractivity contribution in [3.05, 3.63) is 45.6 Å². The third kappa shape index (κ3) is 1.77. The van der Waals surface area contributed by atoms with Crippen molar-refractivity contribution in [2.24, 2.45) is 0 Å². The third-order valence-electron chi connectivity index (χ3n) is 2.61. The summed E-state index contributed by atoms with van der Waals surface area (Å²) in [5, 5.41) is 8.22. The van der Waals surface area contributed by atoms with Gasteiger partial charge in [-0.05, 0) is 29.0 Å². The summed E-state index contributed by atoms with van der Waals surface area (Å²) in [6.07, 6.45) is 0.0808. The number of fused-ring (bicyclic) bond motifs is 1. The van der Waals surface area contributed by atoms with Crippen molar-refractivity contribution in [1.29, 1.82) is 0 Å². The van der Waals surface area contributed by atoms with Crippen molar-refractivity contribution in [2.45, 2.75) is 6.10 Å². The minimum Gasteiger partial charge on any atom is -0.482 e. The van der Waals surface area contributed by atoms with Crippen LogP contribution in [0.25, 0.3) is 0 Å². The second-order valence-electron chi connectivity index (χ2n) is 3.68. The van der Waals surface area contributed by atoms with Gasteiger partial charge >= 0.3 is 0 Å². The number of hydrogen-bond donors (Lipinski definition) is 1. The molecule has 1 aliphatic heterocycles. The summed E-state index contributed by atoms with van der Waals surface area (Å²) in [5.74, 6) is 0.829. The maximum atomic E-state index is 5.94. The van der Waals surface area contributed by atoms with Crippen LogP contribution in [-0.4, -0.2) is 6.54 Å². The summed E-state index contributed by atoms with van der Waals surface area (Å²) in [6.45, 7) is 0.797. The minimum absolute atomic E-state index is 0.0808. The highest BCUT2D eigenvalue weighted by atomic mass is 35.5. The van der Waals surface area contributed by atoms with Gasteiger partial charge in [0, 0.05) is 16.7 Å². The molecule has 1 aromatic heterocycles. The molecule has 0 aliphatic carbocycles. The summed E-state index contributed by atoms with van der Waals surface area (Å²) < 4.78 is 5.92. The lowest BCUT2D eigenvalue weighted by Crippen LogP contribution is -2.23. The van der Waals surface area contributed by atoms with Gasteiger partial charge in [-0.3, -0.25) is 0 Å². The second-order valence-corrected chi connectivity index (χ2v) is 4.90. The van der Waals surface area contributed by atoms with E-state index in [1.165, 1.54) is 5.56 Å². The van der Waals surface area contributed by atoms with Crippen LogP contribution >= 0.6 is 22.9 Å². The molecule has 0 saturated heterocycles. The van der Waals surface area contributed by atoms with E-state index < -0.39 is 0 Å². The van der Waals surface area contributed by atoms with Gasteiger partial charge in [-0.15, -0.1) is 0 Å². The third-order valence-corrected chi connectivity index (χ3v) is 3.54. The highest BCUT2D eigenvalue weighted by molar-refractivity contribution is 7.07. The lowest BCUT2D eigenvalue weighted by molar-refractivity contribution is 0.211. The van der Waals surface area contributed by atoms with Crippen LogP contribution in [0.3, 0.4) is 0 Å². The SMILES string of the molecule is Clc1ccc2c(c1)OC(c1ccsc1)CN2. The molecule has 1 atom stereocenters. The van der Waals surface area contributed by atoms with E-state index in [2.05, 4.69) is 22.1 Å². The molecule has 0 bridgehead atoms. The van der Waals surface area contributed by atoms with Gasteiger partial charge in [-0.2, -0.15) is 11.3 Å². The summed E-state index contributed by atoms with van der Waals surface area (Å²) in [4.78, 5) is 0. The Hall–Kier alpha value is -1.19. The maximum absolute atomic E-state index is 5.94. The number of anilines is 1. The Labute approximate surface area is 103 Å². The van der Waals surface area contributed by atoms with Gasteiger partial charge in [-0.1, -0.05) is 11.6 Å². The van der Waals surface area contributed by atoms with Crippen molar-refractivity contribution in [3.8, 4) is 5.75 Å². The second kappa shape index (κ2) is 4.00. The van der Waals surface area contributed by atoms with Gasteiger partial charge in [0.25, 0.3) is 0 Å². The fourth-order valence-electron chi connectivity index (χ4n) is 1.78. The van der Waals surface area contributed by atoms with Crippen molar-refractivity contribution >= 4 is 28.6 Å².